The lowest BCUT2D eigenvalue weighted by Gasteiger charge is -2.04. The summed E-state index contributed by atoms with van der Waals surface area (Å²) in [6, 6.07) is 16.0. The summed E-state index contributed by atoms with van der Waals surface area (Å²) in [6.45, 7) is 3.69. The van der Waals surface area contributed by atoms with Gasteiger partial charge in [0.05, 0.1) is 17.8 Å². The standard InChI is InChI=1S/C16H16ClN3/c1-2-20-16-6-4-3-5-14(16)15(19-20)11-18-13-9-7-12(17)8-10-13/h3-10,18H,2,11H2,1H3. The summed E-state index contributed by atoms with van der Waals surface area (Å²) in [4.78, 5) is 0. The molecule has 0 saturated heterocycles. The van der Waals surface area contributed by atoms with E-state index in [1.165, 1.54) is 10.9 Å². The van der Waals surface area contributed by atoms with E-state index in [0.717, 1.165) is 22.9 Å². The molecule has 2 aromatic carbocycles. The third-order valence-corrected chi connectivity index (χ3v) is 3.59. The van der Waals surface area contributed by atoms with E-state index < -0.39 is 0 Å². The van der Waals surface area contributed by atoms with Crippen LogP contribution < -0.4 is 5.32 Å². The highest BCUT2D eigenvalue weighted by molar-refractivity contribution is 6.30. The number of fused-ring (bicyclic) bond motifs is 1. The van der Waals surface area contributed by atoms with Crippen LogP contribution in [0.4, 0.5) is 5.69 Å². The molecule has 3 rings (SSSR count). The summed E-state index contributed by atoms with van der Waals surface area (Å²) >= 11 is 5.89. The van der Waals surface area contributed by atoms with Gasteiger partial charge < -0.3 is 5.32 Å². The Balaban J connectivity index is 1.85. The van der Waals surface area contributed by atoms with Crippen molar-refractivity contribution < 1.29 is 0 Å². The molecule has 1 heterocycles. The number of nitrogens with zero attached hydrogens (tertiary/aromatic N) is 2. The smallest absolute Gasteiger partial charge is 0.0894 e. The molecule has 0 amide bonds. The summed E-state index contributed by atoms with van der Waals surface area (Å²) < 4.78 is 2.04. The fourth-order valence-electron chi connectivity index (χ4n) is 2.32. The van der Waals surface area contributed by atoms with Crippen LogP contribution in [0.3, 0.4) is 0 Å². The number of halogens is 1. The second-order valence-corrected chi connectivity index (χ2v) is 5.08. The first kappa shape index (κ1) is 13.0. The van der Waals surface area contributed by atoms with E-state index in [0.29, 0.717) is 6.54 Å². The quantitative estimate of drug-likeness (QED) is 0.773. The summed E-state index contributed by atoms with van der Waals surface area (Å²) in [5.41, 5.74) is 3.30. The topological polar surface area (TPSA) is 29.9 Å². The SMILES string of the molecule is CCn1nc(CNc2ccc(Cl)cc2)c2ccccc21. The Morgan fingerprint density at radius 2 is 1.85 bits per heavy atom. The van der Waals surface area contributed by atoms with E-state index >= 15 is 0 Å². The van der Waals surface area contributed by atoms with Crippen LogP contribution in [0.5, 0.6) is 0 Å². The molecule has 1 N–H and O–H groups in total. The number of hydrogen-bond donors (Lipinski definition) is 1. The fourth-order valence-corrected chi connectivity index (χ4v) is 2.45. The minimum atomic E-state index is 0.704. The Morgan fingerprint density at radius 3 is 2.60 bits per heavy atom. The summed E-state index contributed by atoms with van der Waals surface area (Å²) in [5.74, 6) is 0. The van der Waals surface area contributed by atoms with Crippen molar-refractivity contribution in [3.8, 4) is 0 Å². The number of rotatable bonds is 4. The maximum Gasteiger partial charge on any atom is 0.0894 e. The van der Waals surface area contributed by atoms with E-state index in [-0.39, 0.29) is 0 Å². The zero-order valence-corrected chi connectivity index (χ0v) is 12.1. The van der Waals surface area contributed by atoms with Gasteiger partial charge in [0.25, 0.3) is 0 Å². The van der Waals surface area contributed by atoms with Crippen molar-refractivity contribution in [2.75, 3.05) is 5.32 Å². The first-order valence-corrected chi connectivity index (χ1v) is 7.09. The van der Waals surface area contributed by atoms with E-state index in [1.54, 1.807) is 0 Å². The van der Waals surface area contributed by atoms with Crippen molar-refractivity contribution in [3.05, 3.63) is 59.2 Å². The molecule has 0 saturated carbocycles. The van der Waals surface area contributed by atoms with Crippen LogP contribution in [-0.4, -0.2) is 9.78 Å². The number of benzene rings is 2. The van der Waals surface area contributed by atoms with Gasteiger partial charge in [-0.25, -0.2) is 0 Å². The van der Waals surface area contributed by atoms with Gasteiger partial charge in [-0.1, -0.05) is 29.8 Å². The summed E-state index contributed by atoms with van der Waals surface area (Å²) in [7, 11) is 0. The van der Waals surface area contributed by atoms with Gasteiger partial charge in [0.1, 0.15) is 0 Å². The first-order chi connectivity index (χ1) is 9.78. The lowest BCUT2D eigenvalue weighted by atomic mass is 10.2. The molecule has 0 bridgehead atoms. The van der Waals surface area contributed by atoms with Crippen LogP contribution in [-0.2, 0) is 13.1 Å². The lowest BCUT2D eigenvalue weighted by Crippen LogP contribution is -2.02. The van der Waals surface area contributed by atoms with Crippen LogP contribution in [0.25, 0.3) is 10.9 Å². The Kier molecular flexibility index (Phi) is 3.61. The molecule has 102 valence electrons. The molecule has 4 heteroatoms. The Bertz CT molecular complexity index is 716. The zero-order chi connectivity index (χ0) is 13.9. The van der Waals surface area contributed by atoms with Gasteiger partial charge in [0.15, 0.2) is 0 Å². The maximum absolute atomic E-state index is 5.89. The number of aryl methyl sites for hydroxylation is 1. The average Bonchev–Trinajstić information content (AvgIpc) is 2.85. The summed E-state index contributed by atoms with van der Waals surface area (Å²) in [5, 5.41) is 10.0. The van der Waals surface area contributed by atoms with Crippen LogP contribution in [0.15, 0.2) is 48.5 Å². The minimum Gasteiger partial charge on any atom is -0.379 e. The van der Waals surface area contributed by atoms with Crippen LogP contribution in [0.1, 0.15) is 12.6 Å². The highest BCUT2D eigenvalue weighted by atomic mass is 35.5. The Labute approximate surface area is 123 Å². The zero-order valence-electron chi connectivity index (χ0n) is 11.3. The van der Waals surface area contributed by atoms with Gasteiger partial charge in [0.2, 0.25) is 0 Å². The number of para-hydroxylation sites is 1. The number of nitrogens with one attached hydrogen (secondary N) is 1. The molecule has 0 radical (unpaired) electrons. The van der Waals surface area contributed by atoms with Crippen molar-refractivity contribution >= 4 is 28.2 Å². The Hall–Kier alpha value is -2.00. The third kappa shape index (κ3) is 2.49. The summed E-state index contributed by atoms with van der Waals surface area (Å²) in [6.07, 6.45) is 0. The predicted molar refractivity (Wildman–Crippen MR) is 84.2 cm³/mol. The molecular weight excluding hydrogens is 270 g/mol. The first-order valence-electron chi connectivity index (χ1n) is 6.72. The van der Waals surface area contributed by atoms with Crippen LogP contribution >= 0.6 is 11.6 Å². The molecule has 0 fully saturated rings. The van der Waals surface area contributed by atoms with Crippen molar-refractivity contribution in [1.82, 2.24) is 9.78 Å². The van der Waals surface area contributed by atoms with Gasteiger partial charge in [-0.15, -0.1) is 0 Å². The number of hydrogen-bond acceptors (Lipinski definition) is 2. The molecular formula is C16H16ClN3. The minimum absolute atomic E-state index is 0.704. The van der Waals surface area contributed by atoms with Crippen LogP contribution in [0, 0.1) is 0 Å². The molecule has 1 aromatic heterocycles. The number of aromatic nitrogens is 2. The van der Waals surface area contributed by atoms with Crippen molar-refractivity contribution in [2.45, 2.75) is 20.0 Å². The van der Waals surface area contributed by atoms with Crippen molar-refractivity contribution in [3.63, 3.8) is 0 Å². The van der Waals surface area contributed by atoms with Gasteiger partial charge in [-0.3, -0.25) is 4.68 Å². The molecule has 3 nitrogen and oxygen atoms in total. The molecule has 0 atom stereocenters. The van der Waals surface area contributed by atoms with E-state index in [1.807, 2.05) is 35.0 Å². The third-order valence-electron chi connectivity index (χ3n) is 3.34. The van der Waals surface area contributed by atoms with Gasteiger partial charge >= 0.3 is 0 Å². The number of anilines is 1. The predicted octanol–water partition coefficient (Wildman–Crippen LogP) is 4.32. The second kappa shape index (κ2) is 5.55. The highest BCUT2D eigenvalue weighted by Crippen LogP contribution is 2.20. The van der Waals surface area contributed by atoms with Gasteiger partial charge in [-0.05, 0) is 37.3 Å². The van der Waals surface area contributed by atoms with Gasteiger partial charge in [-0.2, -0.15) is 5.10 Å². The molecule has 0 aliphatic carbocycles. The van der Waals surface area contributed by atoms with E-state index in [9.17, 15) is 0 Å². The molecule has 3 aromatic rings. The maximum atomic E-state index is 5.89. The molecule has 0 aliphatic rings. The monoisotopic (exact) mass is 285 g/mol. The average molecular weight is 286 g/mol. The molecule has 0 spiro atoms. The van der Waals surface area contributed by atoms with Gasteiger partial charge in [0, 0.05) is 22.6 Å². The Morgan fingerprint density at radius 1 is 1.10 bits per heavy atom. The fraction of sp³-hybridized carbons (Fsp3) is 0.188. The lowest BCUT2D eigenvalue weighted by molar-refractivity contribution is 0.671. The van der Waals surface area contributed by atoms with Crippen LogP contribution in [0.2, 0.25) is 5.02 Å². The van der Waals surface area contributed by atoms with Crippen molar-refractivity contribution in [1.29, 1.82) is 0 Å². The molecule has 20 heavy (non-hydrogen) atoms. The normalized spacial score (nSPS) is 10.9. The van der Waals surface area contributed by atoms with E-state index in [2.05, 4.69) is 35.5 Å². The molecule has 0 aliphatic heterocycles. The largest absolute Gasteiger partial charge is 0.379 e. The second-order valence-electron chi connectivity index (χ2n) is 4.64. The van der Waals surface area contributed by atoms with Crippen molar-refractivity contribution in [2.24, 2.45) is 0 Å². The van der Waals surface area contributed by atoms with E-state index in [4.69, 9.17) is 11.6 Å². The highest BCUT2D eigenvalue weighted by Gasteiger charge is 2.08. The molecule has 0 unspecified atom stereocenters.